The summed E-state index contributed by atoms with van der Waals surface area (Å²) < 4.78 is 5.98. The van der Waals surface area contributed by atoms with Crippen LogP contribution in [-0.4, -0.2) is 49.1 Å². The van der Waals surface area contributed by atoms with Crippen molar-refractivity contribution in [1.29, 1.82) is 0 Å². The van der Waals surface area contributed by atoms with Crippen LogP contribution in [0.3, 0.4) is 0 Å². The molecule has 35 heavy (non-hydrogen) atoms. The highest BCUT2D eigenvalue weighted by molar-refractivity contribution is 5.80. The normalized spacial score (nSPS) is 21.8. The third-order valence-electron chi connectivity index (χ3n) is 7.11. The summed E-state index contributed by atoms with van der Waals surface area (Å²) in [6.45, 7) is 2.46. The number of fused-ring (bicyclic) bond motifs is 3. The summed E-state index contributed by atoms with van der Waals surface area (Å²) in [5.41, 5.74) is 3.82. The zero-order valence-electron chi connectivity index (χ0n) is 19.6. The first-order chi connectivity index (χ1) is 17.1. The molecular formula is C27H28N6O2. The number of pyridine rings is 2. The van der Waals surface area contributed by atoms with Gasteiger partial charge in [-0.2, -0.15) is 5.10 Å². The molecule has 178 valence electrons. The molecule has 3 aromatic heterocycles. The number of nitrogens with zero attached hydrogens (tertiary/aromatic N) is 4. The number of nitrogens with one attached hydrogen (secondary N) is 2. The molecule has 2 N–H and O–H groups in total. The summed E-state index contributed by atoms with van der Waals surface area (Å²) in [6, 6.07) is 17.2. The van der Waals surface area contributed by atoms with E-state index in [0.29, 0.717) is 24.0 Å². The van der Waals surface area contributed by atoms with Crippen LogP contribution in [0.25, 0.3) is 22.2 Å². The molecule has 3 atom stereocenters. The van der Waals surface area contributed by atoms with Crippen molar-refractivity contribution in [3.63, 3.8) is 0 Å². The Labute approximate surface area is 203 Å². The van der Waals surface area contributed by atoms with Crippen molar-refractivity contribution in [3.8, 4) is 22.9 Å². The number of carbonyl (C=O) groups is 1. The molecule has 2 aliphatic heterocycles. The summed E-state index contributed by atoms with van der Waals surface area (Å²) in [5, 5.41) is 11.1. The van der Waals surface area contributed by atoms with Gasteiger partial charge in [0, 0.05) is 61.0 Å². The fraction of sp³-hybridized carbons (Fsp3) is 0.333. The second-order valence-corrected chi connectivity index (χ2v) is 9.53. The topological polar surface area (TPSA) is 96.0 Å². The highest BCUT2D eigenvalue weighted by Gasteiger charge is 2.40. The Kier molecular flexibility index (Phi) is 5.66. The van der Waals surface area contributed by atoms with Crippen LogP contribution in [0.2, 0.25) is 0 Å². The number of benzene rings is 1. The van der Waals surface area contributed by atoms with Crippen molar-refractivity contribution in [1.82, 2.24) is 30.4 Å². The molecule has 1 amide bonds. The number of hydrogen-bond donors (Lipinski definition) is 2. The lowest BCUT2D eigenvalue weighted by Gasteiger charge is -2.38. The average Bonchev–Trinajstić information content (AvgIpc) is 3.46. The number of H-pyrrole nitrogens is 1. The first kappa shape index (κ1) is 21.7. The fourth-order valence-corrected chi connectivity index (χ4v) is 5.56. The Morgan fingerprint density at radius 2 is 1.97 bits per heavy atom. The third-order valence-corrected chi connectivity index (χ3v) is 7.11. The minimum atomic E-state index is 0.0733. The lowest BCUT2D eigenvalue weighted by atomic mass is 9.97. The molecule has 0 aliphatic carbocycles. The van der Waals surface area contributed by atoms with Crippen molar-refractivity contribution in [2.24, 2.45) is 0 Å². The Morgan fingerprint density at radius 3 is 2.69 bits per heavy atom. The number of aromatic amines is 1. The van der Waals surface area contributed by atoms with E-state index in [0.717, 1.165) is 53.0 Å². The largest absolute Gasteiger partial charge is 0.439 e. The molecule has 1 aromatic carbocycles. The summed E-state index contributed by atoms with van der Waals surface area (Å²) in [6.07, 6.45) is 8.00. The number of ether oxygens (including phenoxy) is 1. The van der Waals surface area contributed by atoms with E-state index in [1.165, 1.54) is 12.8 Å². The van der Waals surface area contributed by atoms with E-state index in [1.807, 2.05) is 36.4 Å². The predicted molar refractivity (Wildman–Crippen MR) is 133 cm³/mol. The number of carbonyl (C=O) groups excluding carboxylic acids is 1. The summed E-state index contributed by atoms with van der Waals surface area (Å²) >= 11 is 0. The minimum Gasteiger partial charge on any atom is -0.439 e. The third kappa shape index (κ3) is 4.61. The Balaban J connectivity index is 1.13. The van der Waals surface area contributed by atoms with Gasteiger partial charge in [-0.1, -0.05) is 6.07 Å². The van der Waals surface area contributed by atoms with E-state index in [1.54, 1.807) is 19.3 Å². The molecule has 6 rings (SSSR count). The lowest BCUT2D eigenvalue weighted by molar-refractivity contribution is -0.120. The van der Waals surface area contributed by atoms with Crippen LogP contribution in [0.1, 0.15) is 38.3 Å². The SMILES string of the molecule is CC(=O)N[C@H]1C[C@H]2CC[C@@H](C1)N2Cc1ccc2cc(Oc3ccc(-c4cc[nH]n4)cn3)ccc2n1. The predicted octanol–water partition coefficient (Wildman–Crippen LogP) is 4.44. The van der Waals surface area contributed by atoms with Crippen molar-refractivity contribution in [2.45, 2.75) is 57.3 Å². The van der Waals surface area contributed by atoms with Gasteiger partial charge >= 0.3 is 0 Å². The molecular weight excluding hydrogens is 440 g/mol. The smallest absolute Gasteiger partial charge is 0.219 e. The Hall–Kier alpha value is -3.78. The molecule has 5 heterocycles. The van der Waals surface area contributed by atoms with Gasteiger partial charge in [0.15, 0.2) is 0 Å². The Morgan fingerprint density at radius 1 is 1.11 bits per heavy atom. The molecule has 2 fully saturated rings. The zero-order valence-corrected chi connectivity index (χ0v) is 19.6. The fourth-order valence-electron chi connectivity index (χ4n) is 5.56. The van der Waals surface area contributed by atoms with Gasteiger partial charge in [0.1, 0.15) is 5.75 Å². The van der Waals surface area contributed by atoms with Crippen molar-refractivity contribution < 1.29 is 9.53 Å². The molecule has 2 bridgehead atoms. The molecule has 2 aliphatic rings. The van der Waals surface area contributed by atoms with Crippen molar-refractivity contribution in [3.05, 3.63) is 66.6 Å². The Bertz CT molecular complexity index is 1320. The van der Waals surface area contributed by atoms with Crippen LogP contribution in [0, 0.1) is 0 Å². The van der Waals surface area contributed by atoms with Gasteiger partial charge in [-0.05, 0) is 62.1 Å². The van der Waals surface area contributed by atoms with Gasteiger partial charge in [-0.15, -0.1) is 0 Å². The van der Waals surface area contributed by atoms with Crippen molar-refractivity contribution >= 4 is 16.8 Å². The van der Waals surface area contributed by atoms with Crippen LogP contribution < -0.4 is 10.1 Å². The van der Waals surface area contributed by atoms with Gasteiger partial charge in [-0.3, -0.25) is 19.8 Å². The average molecular weight is 469 g/mol. The van der Waals surface area contributed by atoms with Crippen LogP contribution in [0.5, 0.6) is 11.6 Å². The number of piperidine rings is 1. The first-order valence-corrected chi connectivity index (χ1v) is 12.2. The summed E-state index contributed by atoms with van der Waals surface area (Å²) in [4.78, 5) is 23.4. The van der Waals surface area contributed by atoms with Gasteiger partial charge in [0.25, 0.3) is 0 Å². The van der Waals surface area contributed by atoms with Gasteiger partial charge in [-0.25, -0.2) is 4.98 Å². The van der Waals surface area contributed by atoms with Crippen molar-refractivity contribution in [2.75, 3.05) is 0 Å². The summed E-state index contributed by atoms with van der Waals surface area (Å²) in [5.74, 6) is 1.33. The molecule has 4 aromatic rings. The molecule has 0 unspecified atom stereocenters. The van der Waals surface area contributed by atoms with Gasteiger partial charge < -0.3 is 10.1 Å². The second-order valence-electron chi connectivity index (χ2n) is 9.53. The number of aromatic nitrogens is 4. The van der Waals surface area contributed by atoms with E-state index in [-0.39, 0.29) is 5.91 Å². The van der Waals surface area contributed by atoms with E-state index < -0.39 is 0 Å². The summed E-state index contributed by atoms with van der Waals surface area (Å²) in [7, 11) is 0. The number of rotatable bonds is 6. The van der Waals surface area contributed by atoms with Gasteiger partial charge in [0.2, 0.25) is 11.8 Å². The number of hydrogen-bond acceptors (Lipinski definition) is 6. The minimum absolute atomic E-state index is 0.0733. The number of amides is 1. The first-order valence-electron chi connectivity index (χ1n) is 12.2. The molecule has 8 heteroatoms. The second kappa shape index (κ2) is 9.11. The van der Waals surface area contributed by atoms with E-state index >= 15 is 0 Å². The monoisotopic (exact) mass is 468 g/mol. The maximum absolute atomic E-state index is 11.5. The maximum atomic E-state index is 11.5. The maximum Gasteiger partial charge on any atom is 0.219 e. The van der Waals surface area contributed by atoms with E-state index in [4.69, 9.17) is 9.72 Å². The van der Waals surface area contributed by atoms with Crippen LogP contribution in [-0.2, 0) is 11.3 Å². The molecule has 0 spiro atoms. The van der Waals surface area contributed by atoms with Crippen LogP contribution in [0.4, 0.5) is 0 Å². The van der Waals surface area contributed by atoms with Crippen LogP contribution in [0.15, 0.2) is 60.9 Å². The van der Waals surface area contributed by atoms with Crippen LogP contribution >= 0.6 is 0 Å². The molecule has 0 radical (unpaired) electrons. The molecule has 0 saturated carbocycles. The molecule has 8 nitrogen and oxygen atoms in total. The zero-order chi connectivity index (χ0) is 23.8. The highest BCUT2D eigenvalue weighted by atomic mass is 16.5. The quantitative estimate of drug-likeness (QED) is 0.434. The standard InChI is InChI=1S/C27H28N6O2/c1-17(34)30-21-13-22-5-6-23(14-21)33(22)16-20-4-2-18-12-24(7-8-25(18)31-20)35-27-9-3-19(15-28-27)26-10-11-29-32-26/h2-4,7-12,15,21-23H,5-6,13-14,16H2,1H3,(H,29,32)(H,30,34)/t21-,22+,23-. The van der Waals surface area contributed by atoms with E-state index in [2.05, 4.69) is 37.5 Å². The lowest BCUT2D eigenvalue weighted by Crippen LogP contribution is -2.49. The molecule has 2 saturated heterocycles. The van der Waals surface area contributed by atoms with Gasteiger partial charge in [0.05, 0.1) is 16.9 Å². The van der Waals surface area contributed by atoms with E-state index in [9.17, 15) is 4.79 Å². The highest BCUT2D eigenvalue weighted by Crippen LogP contribution is 2.37.